The van der Waals surface area contributed by atoms with Crippen molar-refractivity contribution in [2.75, 3.05) is 13.1 Å². The van der Waals surface area contributed by atoms with Gasteiger partial charge in [0.2, 0.25) is 5.91 Å². The van der Waals surface area contributed by atoms with E-state index in [1.807, 2.05) is 0 Å². The standard InChI is InChI=1S/C11H14N2O2/c12-9-6-13(7-9)11(15)5-8-1-3-10(14)4-2-8/h1-4,9,14H,5-7,12H2. The highest BCUT2D eigenvalue weighted by atomic mass is 16.3. The molecule has 0 bridgehead atoms. The molecule has 1 aromatic carbocycles. The van der Waals surface area contributed by atoms with E-state index in [1.165, 1.54) is 0 Å². The van der Waals surface area contributed by atoms with E-state index in [0.717, 1.165) is 5.56 Å². The first-order valence-electron chi connectivity index (χ1n) is 4.96. The largest absolute Gasteiger partial charge is 0.508 e. The maximum atomic E-state index is 11.6. The number of hydrogen-bond donors (Lipinski definition) is 2. The molecule has 1 aliphatic heterocycles. The second-order valence-electron chi connectivity index (χ2n) is 3.90. The fraction of sp³-hybridized carbons (Fsp3) is 0.364. The molecule has 4 nitrogen and oxygen atoms in total. The second kappa shape index (κ2) is 3.90. The molecule has 1 aliphatic rings. The quantitative estimate of drug-likeness (QED) is 0.721. The molecule has 1 fully saturated rings. The fourth-order valence-corrected chi connectivity index (χ4v) is 1.62. The average molecular weight is 206 g/mol. The van der Waals surface area contributed by atoms with Crippen LogP contribution in [0, 0.1) is 0 Å². The molecule has 0 aromatic heterocycles. The van der Waals surface area contributed by atoms with Crippen LogP contribution in [0.1, 0.15) is 5.56 Å². The van der Waals surface area contributed by atoms with Gasteiger partial charge in [0.25, 0.3) is 0 Å². The highest BCUT2D eigenvalue weighted by Gasteiger charge is 2.27. The van der Waals surface area contributed by atoms with Gasteiger partial charge in [-0.2, -0.15) is 0 Å². The average Bonchev–Trinajstić information content (AvgIpc) is 2.17. The maximum Gasteiger partial charge on any atom is 0.227 e. The molecule has 0 radical (unpaired) electrons. The number of phenols is 1. The fourth-order valence-electron chi connectivity index (χ4n) is 1.62. The summed E-state index contributed by atoms with van der Waals surface area (Å²) in [6.45, 7) is 1.33. The minimum Gasteiger partial charge on any atom is -0.508 e. The summed E-state index contributed by atoms with van der Waals surface area (Å²) in [5.41, 5.74) is 6.51. The van der Waals surface area contributed by atoms with Gasteiger partial charge in [-0.3, -0.25) is 4.79 Å². The number of carbonyl (C=O) groups excluding carboxylic acids is 1. The van der Waals surface area contributed by atoms with Crippen molar-refractivity contribution in [3.05, 3.63) is 29.8 Å². The van der Waals surface area contributed by atoms with E-state index in [0.29, 0.717) is 19.5 Å². The molecule has 80 valence electrons. The summed E-state index contributed by atoms with van der Waals surface area (Å²) in [6.07, 6.45) is 0.382. The first-order chi connectivity index (χ1) is 7.15. The summed E-state index contributed by atoms with van der Waals surface area (Å²) < 4.78 is 0. The lowest BCUT2D eigenvalue weighted by atomic mass is 10.1. The van der Waals surface area contributed by atoms with Crippen molar-refractivity contribution in [1.29, 1.82) is 0 Å². The molecular weight excluding hydrogens is 192 g/mol. The molecule has 1 saturated heterocycles. The number of benzene rings is 1. The van der Waals surface area contributed by atoms with Crippen molar-refractivity contribution in [2.24, 2.45) is 5.73 Å². The molecule has 3 N–H and O–H groups in total. The van der Waals surface area contributed by atoms with Crippen LogP contribution in [-0.4, -0.2) is 35.0 Å². The number of phenolic OH excluding ortho intramolecular Hbond substituents is 1. The third-order valence-corrected chi connectivity index (χ3v) is 2.55. The van der Waals surface area contributed by atoms with Crippen molar-refractivity contribution in [2.45, 2.75) is 12.5 Å². The Kier molecular flexibility index (Phi) is 2.60. The van der Waals surface area contributed by atoms with E-state index < -0.39 is 0 Å². The van der Waals surface area contributed by atoms with Gasteiger partial charge in [0, 0.05) is 19.1 Å². The van der Waals surface area contributed by atoms with E-state index in [-0.39, 0.29) is 17.7 Å². The molecule has 0 saturated carbocycles. The number of nitrogens with two attached hydrogens (primary N) is 1. The van der Waals surface area contributed by atoms with E-state index in [9.17, 15) is 4.79 Å². The number of rotatable bonds is 2. The number of likely N-dealkylation sites (tertiary alicyclic amines) is 1. The summed E-state index contributed by atoms with van der Waals surface area (Å²) in [5, 5.41) is 9.08. The number of hydrogen-bond acceptors (Lipinski definition) is 3. The minimum atomic E-state index is 0.0994. The van der Waals surface area contributed by atoms with Crippen LogP contribution in [-0.2, 0) is 11.2 Å². The van der Waals surface area contributed by atoms with Gasteiger partial charge in [-0.05, 0) is 17.7 Å². The van der Waals surface area contributed by atoms with Gasteiger partial charge in [0.15, 0.2) is 0 Å². The number of aromatic hydroxyl groups is 1. The van der Waals surface area contributed by atoms with Gasteiger partial charge in [0.05, 0.1) is 6.42 Å². The van der Waals surface area contributed by atoms with Crippen molar-refractivity contribution >= 4 is 5.91 Å². The molecule has 2 rings (SSSR count). The maximum absolute atomic E-state index is 11.6. The van der Waals surface area contributed by atoms with Crippen LogP contribution in [0.3, 0.4) is 0 Å². The van der Waals surface area contributed by atoms with Crippen LogP contribution in [0.5, 0.6) is 5.75 Å². The predicted molar refractivity (Wildman–Crippen MR) is 56.4 cm³/mol. The Morgan fingerprint density at radius 2 is 2.00 bits per heavy atom. The van der Waals surface area contributed by atoms with Crippen LogP contribution in [0.4, 0.5) is 0 Å². The van der Waals surface area contributed by atoms with Gasteiger partial charge < -0.3 is 15.7 Å². The molecular formula is C11H14N2O2. The summed E-state index contributed by atoms with van der Waals surface area (Å²) in [7, 11) is 0. The molecule has 0 spiro atoms. The highest BCUT2D eigenvalue weighted by Crippen LogP contribution is 2.13. The van der Waals surface area contributed by atoms with E-state index >= 15 is 0 Å². The van der Waals surface area contributed by atoms with Crippen molar-refractivity contribution < 1.29 is 9.90 Å². The highest BCUT2D eigenvalue weighted by molar-refractivity contribution is 5.79. The van der Waals surface area contributed by atoms with E-state index in [4.69, 9.17) is 10.8 Å². The smallest absolute Gasteiger partial charge is 0.227 e. The zero-order chi connectivity index (χ0) is 10.8. The Labute approximate surface area is 88.3 Å². The molecule has 15 heavy (non-hydrogen) atoms. The van der Waals surface area contributed by atoms with Crippen molar-refractivity contribution in [3.63, 3.8) is 0 Å². The molecule has 1 heterocycles. The minimum absolute atomic E-state index is 0.0994. The third kappa shape index (κ3) is 2.27. The normalized spacial score (nSPS) is 16.2. The Hall–Kier alpha value is -1.55. The first kappa shape index (κ1) is 9.98. The Morgan fingerprint density at radius 1 is 1.40 bits per heavy atom. The lowest BCUT2D eigenvalue weighted by Crippen LogP contribution is -2.58. The zero-order valence-corrected chi connectivity index (χ0v) is 8.39. The Bertz CT molecular complexity index is 355. The Morgan fingerprint density at radius 3 is 2.53 bits per heavy atom. The van der Waals surface area contributed by atoms with Gasteiger partial charge >= 0.3 is 0 Å². The summed E-state index contributed by atoms with van der Waals surface area (Å²) in [6, 6.07) is 6.84. The van der Waals surface area contributed by atoms with Crippen molar-refractivity contribution in [1.82, 2.24) is 4.90 Å². The van der Waals surface area contributed by atoms with Gasteiger partial charge in [-0.15, -0.1) is 0 Å². The molecule has 0 unspecified atom stereocenters. The van der Waals surface area contributed by atoms with Gasteiger partial charge in [-0.25, -0.2) is 0 Å². The number of amides is 1. The molecule has 1 aromatic rings. The lowest BCUT2D eigenvalue weighted by Gasteiger charge is -2.36. The van der Waals surface area contributed by atoms with E-state index in [1.54, 1.807) is 29.2 Å². The Balaban J connectivity index is 1.91. The number of carbonyl (C=O) groups is 1. The topological polar surface area (TPSA) is 66.6 Å². The monoisotopic (exact) mass is 206 g/mol. The lowest BCUT2D eigenvalue weighted by molar-refractivity contribution is -0.134. The molecule has 4 heteroatoms. The summed E-state index contributed by atoms with van der Waals surface area (Å²) in [5.74, 6) is 0.319. The second-order valence-corrected chi connectivity index (χ2v) is 3.90. The SMILES string of the molecule is NC1CN(C(=O)Cc2ccc(O)cc2)C1. The molecule has 0 atom stereocenters. The van der Waals surface area contributed by atoms with Crippen LogP contribution >= 0.6 is 0 Å². The summed E-state index contributed by atoms with van der Waals surface area (Å²) in [4.78, 5) is 13.4. The molecule has 1 amide bonds. The zero-order valence-electron chi connectivity index (χ0n) is 8.39. The molecule has 0 aliphatic carbocycles. The third-order valence-electron chi connectivity index (χ3n) is 2.55. The van der Waals surface area contributed by atoms with Gasteiger partial charge in [-0.1, -0.05) is 12.1 Å². The number of nitrogens with zero attached hydrogens (tertiary/aromatic N) is 1. The predicted octanol–water partition coefficient (Wildman–Crippen LogP) is 0.104. The van der Waals surface area contributed by atoms with Crippen LogP contribution < -0.4 is 5.73 Å². The summed E-state index contributed by atoms with van der Waals surface area (Å²) >= 11 is 0. The van der Waals surface area contributed by atoms with E-state index in [2.05, 4.69) is 0 Å². The van der Waals surface area contributed by atoms with Gasteiger partial charge in [0.1, 0.15) is 5.75 Å². The first-order valence-corrected chi connectivity index (χ1v) is 4.96. The van der Waals surface area contributed by atoms with Crippen LogP contribution in [0.2, 0.25) is 0 Å². The van der Waals surface area contributed by atoms with Crippen molar-refractivity contribution in [3.8, 4) is 5.75 Å². The van der Waals surface area contributed by atoms with Crippen LogP contribution in [0.15, 0.2) is 24.3 Å². The van der Waals surface area contributed by atoms with Crippen LogP contribution in [0.25, 0.3) is 0 Å².